The molecule has 2 aromatic heterocycles. The zero-order valence-corrected chi connectivity index (χ0v) is 20.1. The zero-order valence-electron chi connectivity index (χ0n) is 18.5. The standard InChI is InChI=1S/C25H21ClN2O5S/c1-15-20-22(34-21(15)25(31)32-12-17-8-4-3-5-9-17)27-14-28(23(20)29)16(2)24(30)33-13-18-10-6-7-11-19(18)26/h3-11,14,16H,12-13H2,1-2H3. The molecule has 174 valence electrons. The third-order valence-electron chi connectivity index (χ3n) is 5.36. The van der Waals surface area contributed by atoms with Crippen LogP contribution in [0.4, 0.5) is 0 Å². The van der Waals surface area contributed by atoms with Gasteiger partial charge in [-0.05, 0) is 31.0 Å². The second-order valence-corrected chi connectivity index (χ2v) is 9.04. The maximum absolute atomic E-state index is 13.2. The number of hydrogen-bond acceptors (Lipinski definition) is 7. The molecule has 4 rings (SSSR count). The minimum absolute atomic E-state index is 0.0118. The minimum Gasteiger partial charge on any atom is -0.459 e. The summed E-state index contributed by atoms with van der Waals surface area (Å²) in [6.45, 7) is 3.34. The fraction of sp³-hybridized carbons (Fsp3) is 0.200. The number of aromatic nitrogens is 2. The molecule has 34 heavy (non-hydrogen) atoms. The van der Waals surface area contributed by atoms with Crippen molar-refractivity contribution in [2.45, 2.75) is 33.1 Å². The zero-order chi connectivity index (χ0) is 24.2. The van der Waals surface area contributed by atoms with Crippen molar-refractivity contribution in [2.24, 2.45) is 0 Å². The van der Waals surface area contributed by atoms with Crippen molar-refractivity contribution in [3.8, 4) is 0 Å². The molecule has 0 amide bonds. The lowest BCUT2D eigenvalue weighted by Crippen LogP contribution is -2.29. The van der Waals surface area contributed by atoms with Crippen LogP contribution in [0.3, 0.4) is 0 Å². The molecule has 0 saturated carbocycles. The van der Waals surface area contributed by atoms with E-state index >= 15 is 0 Å². The molecule has 9 heteroatoms. The van der Waals surface area contributed by atoms with Gasteiger partial charge in [0.05, 0.1) is 11.7 Å². The quantitative estimate of drug-likeness (QED) is 0.331. The summed E-state index contributed by atoms with van der Waals surface area (Å²) in [5.74, 6) is -1.12. The van der Waals surface area contributed by atoms with Gasteiger partial charge < -0.3 is 9.47 Å². The number of halogens is 1. The molecule has 4 aromatic rings. The Morgan fingerprint density at radius 1 is 1.06 bits per heavy atom. The normalized spacial score (nSPS) is 11.9. The van der Waals surface area contributed by atoms with Crippen molar-refractivity contribution in [1.82, 2.24) is 9.55 Å². The Hall–Kier alpha value is -3.49. The average Bonchev–Trinajstić information content (AvgIpc) is 3.19. The number of carbonyl (C=O) groups is 2. The highest BCUT2D eigenvalue weighted by molar-refractivity contribution is 7.20. The molecule has 0 N–H and O–H groups in total. The lowest BCUT2D eigenvalue weighted by molar-refractivity contribution is -0.148. The number of hydrogen-bond donors (Lipinski definition) is 0. The van der Waals surface area contributed by atoms with Crippen LogP contribution < -0.4 is 5.56 Å². The van der Waals surface area contributed by atoms with Crippen molar-refractivity contribution >= 4 is 45.1 Å². The van der Waals surface area contributed by atoms with Crippen molar-refractivity contribution in [2.75, 3.05) is 0 Å². The predicted octanol–water partition coefficient (Wildman–Crippen LogP) is 5.08. The van der Waals surface area contributed by atoms with E-state index in [1.807, 2.05) is 30.3 Å². The number of benzene rings is 2. The van der Waals surface area contributed by atoms with Crippen LogP contribution in [0.1, 0.15) is 39.3 Å². The minimum atomic E-state index is -0.917. The molecule has 0 saturated heterocycles. The molecule has 0 radical (unpaired) electrons. The van der Waals surface area contributed by atoms with Gasteiger partial charge in [-0.2, -0.15) is 0 Å². The summed E-state index contributed by atoms with van der Waals surface area (Å²) in [5, 5.41) is 0.772. The Bertz CT molecular complexity index is 1410. The Morgan fingerprint density at radius 2 is 1.76 bits per heavy atom. The summed E-state index contributed by atoms with van der Waals surface area (Å²) < 4.78 is 12.0. The third kappa shape index (κ3) is 4.88. The van der Waals surface area contributed by atoms with Crippen LogP contribution in [0.15, 0.2) is 65.7 Å². The van der Waals surface area contributed by atoms with E-state index in [-0.39, 0.29) is 18.6 Å². The highest BCUT2D eigenvalue weighted by atomic mass is 35.5. The van der Waals surface area contributed by atoms with Gasteiger partial charge in [0.15, 0.2) is 0 Å². The van der Waals surface area contributed by atoms with Gasteiger partial charge in [-0.1, -0.05) is 60.1 Å². The van der Waals surface area contributed by atoms with E-state index in [1.54, 1.807) is 38.1 Å². The van der Waals surface area contributed by atoms with E-state index in [2.05, 4.69) is 4.98 Å². The van der Waals surface area contributed by atoms with Gasteiger partial charge in [0, 0.05) is 10.6 Å². The van der Waals surface area contributed by atoms with Gasteiger partial charge in [-0.3, -0.25) is 9.36 Å². The number of rotatable bonds is 7. The first-order valence-electron chi connectivity index (χ1n) is 10.5. The number of aryl methyl sites for hydroxylation is 1. The number of carbonyl (C=O) groups excluding carboxylic acids is 2. The summed E-state index contributed by atoms with van der Waals surface area (Å²) in [7, 11) is 0. The number of thiophene rings is 1. The first-order valence-corrected chi connectivity index (χ1v) is 11.7. The maximum atomic E-state index is 13.2. The third-order valence-corrected chi connectivity index (χ3v) is 6.91. The smallest absolute Gasteiger partial charge is 0.349 e. The summed E-state index contributed by atoms with van der Waals surface area (Å²) in [5.41, 5.74) is 1.57. The van der Waals surface area contributed by atoms with Crippen molar-refractivity contribution < 1.29 is 19.1 Å². The van der Waals surface area contributed by atoms with Gasteiger partial charge in [-0.15, -0.1) is 11.3 Å². The van der Waals surface area contributed by atoms with E-state index < -0.39 is 23.5 Å². The molecular formula is C25H21ClN2O5S. The molecule has 0 spiro atoms. The van der Waals surface area contributed by atoms with Gasteiger partial charge in [0.25, 0.3) is 5.56 Å². The lowest BCUT2D eigenvalue weighted by atomic mass is 10.2. The predicted molar refractivity (Wildman–Crippen MR) is 130 cm³/mol. The number of ether oxygens (including phenoxy) is 2. The highest BCUT2D eigenvalue weighted by Gasteiger charge is 2.24. The summed E-state index contributed by atoms with van der Waals surface area (Å²) >= 11 is 7.19. The molecule has 0 bridgehead atoms. The fourth-order valence-electron chi connectivity index (χ4n) is 3.39. The van der Waals surface area contributed by atoms with Crippen LogP contribution in [0.5, 0.6) is 0 Å². The van der Waals surface area contributed by atoms with Gasteiger partial charge in [0.1, 0.15) is 29.0 Å². The lowest BCUT2D eigenvalue weighted by Gasteiger charge is -2.14. The van der Waals surface area contributed by atoms with Crippen LogP contribution in [-0.4, -0.2) is 21.5 Å². The molecule has 1 atom stereocenters. The fourth-order valence-corrected chi connectivity index (χ4v) is 4.62. The molecule has 0 aliphatic carbocycles. The van der Waals surface area contributed by atoms with Crippen molar-refractivity contribution in [3.63, 3.8) is 0 Å². The van der Waals surface area contributed by atoms with E-state index in [1.165, 1.54) is 10.9 Å². The van der Waals surface area contributed by atoms with Crippen LogP contribution >= 0.6 is 22.9 Å². The van der Waals surface area contributed by atoms with E-state index in [0.29, 0.717) is 25.9 Å². The Kier molecular flexibility index (Phi) is 7.09. The monoisotopic (exact) mass is 496 g/mol. The van der Waals surface area contributed by atoms with E-state index in [0.717, 1.165) is 16.9 Å². The molecule has 0 aliphatic heterocycles. The summed E-state index contributed by atoms with van der Waals surface area (Å²) in [6.07, 6.45) is 1.29. The molecule has 0 fully saturated rings. The van der Waals surface area contributed by atoms with Crippen molar-refractivity contribution in [3.05, 3.63) is 97.9 Å². The van der Waals surface area contributed by atoms with Gasteiger partial charge in [0.2, 0.25) is 0 Å². The molecule has 2 aromatic carbocycles. The number of esters is 2. The largest absolute Gasteiger partial charge is 0.459 e. The average molecular weight is 497 g/mol. The molecule has 7 nitrogen and oxygen atoms in total. The topological polar surface area (TPSA) is 87.5 Å². The van der Waals surface area contributed by atoms with Crippen LogP contribution in [0, 0.1) is 6.92 Å². The molecule has 0 aliphatic rings. The van der Waals surface area contributed by atoms with Crippen LogP contribution in [0.2, 0.25) is 5.02 Å². The summed E-state index contributed by atoms with van der Waals surface area (Å²) in [4.78, 5) is 43.5. The van der Waals surface area contributed by atoms with Gasteiger partial charge >= 0.3 is 11.9 Å². The molecular weight excluding hydrogens is 476 g/mol. The van der Waals surface area contributed by atoms with Crippen molar-refractivity contribution in [1.29, 1.82) is 0 Å². The first kappa shape index (κ1) is 23.7. The molecule has 2 heterocycles. The second-order valence-electron chi connectivity index (χ2n) is 7.63. The summed E-state index contributed by atoms with van der Waals surface area (Å²) in [6, 6.07) is 15.4. The van der Waals surface area contributed by atoms with Crippen LogP contribution in [-0.2, 0) is 27.5 Å². The van der Waals surface area contributed by atoms with Crippen LogP contribution in [0.25, 0.3) is 10.2 Å². The van der Waals surface area contributed by atoms with E-state index in [9.17, 15) is 14.4 Å². The Labute approximate surface area is 204 Å². The Balaban J connectivity index is 1.53. The van der Waals surface area contributed by atoms with E-state index in [4.69, 9.17) is 21.1 Å². The molecule has 1 unspecified atom stereocenters. The first-order chi connectivity index (χ1) is 16.4. The number of nitrogens with zero attached hydrogens (tertiary/aromatic N) is 2. The second kappa shape index (κ2) is 10.2. The van der Waals surface area contributed by atoms with Gasteiger partial charge in [-0.25, -0.2) is 14.6 Å². The Morgan fingerprint density at radius 3 is 2.50 bits per heavy atom. The maximum Gasteiger partial charge on any atom is 0.349 e. The highest BCUT2D eigenvalue weighted by Crippen LogP contribution is 2.28. The SMILES string of the molecule is Cc1c(C(=O)OCc2ccccc2)sc2ncn(C(C)C(=O)OCc3ccccc3Cl)c(=O)c12. The number of fused-ring (bicyclic) bond motifs is 1.